The third-order valence-electron chi connectivity index (χ3n) is 8.17. The van der Waals surface area contributed by atoms with Gasteiger partial charge in [-0.2, -0.15) is 0 Å². The van der Waals surface area contributed by atoms with Gasteiger partial charge < -0.3 is 9.72 Å². The fraction of sp³-hybridized carbons (Fsp3) is 0.0857. The van der Waals surface area contributed by atoms with Gasteiger partial charge in [-0.05, 0) is 63.1 Å². The highest BCUT2D eigenvalue weighted by molar-refractivity contribution is 7.20. The third kappa shape index (κ3) is 3.73. The summed E-state index contributed by atoms with van der Waals surface area (Å²) in [7, 11) is -2.77. The van der Waals surface area contributed by atoms with Crippen LogP contribution < -0.4 is 25.6 Å². The van der Waals surface area contributed by atoms with Crippen molar-refractivity contribution in [3.8, 4) is 22.9 Å². The van der Waals surface area contributed by atoms with Gasteiger partial charge in [0.05, 0.1) is 0 Å². The fourth-order valence-corrected chi connectivity index (χ4v) is 11.8. The van der Waals surface area contributed by atoms with Crippen LogP contribution >= 0.6 is 0 Å². The summed E-state index contributed by atoms with van der Waals surface area (Å²) in [4.78, 5) is 12.6. The number of fused-ring (bicyclic) bond motifs is 2. The van der Waals surface area contributed by atoms with Gasteiger partial charge in [0, 0.05) is 34.9 Å². The SMILES string of the molecule is CC1(C)c2ccccc2[Si](c2cccc(Oc3cccc(-c4ncc[nH]4)c3)c2)(c2ccccn2)c2ccccc21. The molecule has 2 aromatic heterocycles. The largest absolute Gasteiger partial charge is 0.457 e. The van der Waals surface area contributed by atoms with Gasteiger partial charge in [-0.25, -0.2) is 4.98 Å². The highest BCUT2D eigenvalue weighted by Crippen LogP contribution is 2.35. The number of aromatic nitrogens is 3. The van der Waals surface area contributed by atoms with Crippen molar-refractivity contribution in [3.63, 3.8) is 0 Å². The minimum atomic E-state index is -2.77. The maximum absolute atomic E-state index is 6.51. The van der Waals surface area contributed by atoms with Gasteiger partial charge >= 0.3 is 0 Å². The van der Waals surface area contributed by atoms with Crippen LogP contribution in [0.1, 0.15) is 25.0 Å². The zero-order valence-corrected chi connectivity index (χ0v) is 23.5. The molecule has 0 atom stereocenters. The number of hydrogen-bond acceptors (Lipinski definition) is 3. The summed E-state index contributed by atoms with van der Waals surface area (Å²) in [5.74, 6) is 2.39. The molecule has 1 aliphatic heterocycles. The molecule has 1 aliphatic rings. The van der Waals surface area contributed by atoms with Crippen molar-refractivity contribution in [3.05, 3.63) is 145 Å². The summed E-state index contributed by atoms with van der Waals surface area (Å²) >= 11 is 0. The predicted molar refractivity (Wildman–Crippen MR) is 164 cm³/mol. The molecule has 1 N–H and O–H groups in total. The number of pyridine rings is 1. The van der Waals surface area contributed by atoms with Gasteiger partial charge in [-0.1, -0.05) is 92.7 Å². The molecule has 0 saturated heterocycles. The monoisotopic (exact) mass is 535 g/mol. The van der Waals surface area contributed by atoms with Crippen molar-refractivity contribution in [1.29, 1.82) is 0 Å². The summed E-state index contributed by atoms with van der Waals surface area (Å²) in [5, 5.41) is 5.15. The van der Waals surface area contributed by atoms with Gasteiger partial charge in [0.1, 0.15) is 17.3 Å². The molecule has 4 aromatic carbocycles. The van der Waals surface area contributed by atoms with E-state index >= 15 is 0 Å². The van der Waals surface area contributed by atoms with Gasteiger partial charge in [0.25, 0.3) is 0 Å². The Morgan fingerprint density at radius 1 is 0.650 bits per heavy atom. The summed E-state index contributed by atoms with van der Waals surface area (Å²) in [5.41, 5.74) is 3.58. The summed E-state index contributed by atoms with van der Waals surface area (Å²) in [6, 6.07) is 40.9. The van der Waals surface area contributed by atoms with E-state index in [9.17, 15) is 0 Å². The molecule has 0 amide bonds. The molecule has 0 spiro atoms. The Bertz CT molecular complexity index is 1760. The van der Waals surface area contributed by atoms with Gasteiger partial charge in [-0.3, -0.25) is 4.98 Å². The quantitative estimate of drug-likeness (QED) is 0.306. The highest BCUT2D eigenvalue weighted by Gasteiger charge is 2.51. The molecule has 0 bridgehead atoms. The van der Waals surface area contributed by atoms with Gasteiger partial charge in [0.15, 0.2) is 0 Å². The Hall–Kier alpha value is -4.74. The lowest BCUT2D eigenvalue weighted by molar-refractivity contribution is 0.483. The lowest BCUT2D eigenvalue weighted by atomic mass is 9.77. The van der Waals surface area contributed by atoms with E-state index in [0.29, 0.717) is 0 Å². The Balaban J connectivity index is 1.44. The number of H-pyrrole nitrogens is 1. The maximum atomic E-state index is 6.51. The van der Waals surface area contributed by atoms with Crippen molar-refractivity contribution in [2.45, 2.75) is 19.3 Å². The smallest absolute Gasteiger partial charge is 0.202 e. The van der Waals surface area contributed by atoms with Crippen molar-refractivity contribution in [2.75, 3.05) is 0 Å². The second kappa shape index (κ2) is 9.47. The first-order valence-electron chi connectivity index (χ1n) is 13.6. The Morgan fingerprint density at radius 3 is 2.00 bits per heavy atom. The zero-order valence-electron chi connectivity index (χ0n) is 22.5. The molecule has 194 valence electrons. The van der Waals surface area contributed by atoms with Crippen LogP contribution in [0.25, 0.3) is 11.4 Å². The highest BCUT2D eigenvalue weighted by atomic mass is 28.3. The Kier molecular flexibility index (Phi) is 5.75. The van der Waals surface area contributed by atoms with E-state index in [0.717, 1.165) is 28.2 Å². The Morgan fingerprint density at radius 2 is 1.32 bits per heavy atom. The number of hydrogen-bond donors (Lipinski definition) is 1. The van der Waals surface area contributed by atoms with E-state index in [-0.39, 0.29) is 5.41 Å². The molecule has 0 unspecified atom stereocenters. The van der Waals surface area contributed by atoms with Crippen LogP contribution in [0, 0.1) is 0 Å². The number of aromatic amines is 1. The van der Waals surface area contributed by atoms with Crippen molar-refractivity contribution in [2.24, 2.45) is 0 Å². The number of imidazole rings is 1. The molecule has 4 nitrogen and oxygen atoms in total. The van der Waals surface area contributed by atoms with Crippen LogP contribution in [0.2, 0.25) is 0 Å². The first kappa shape index (κ1) is 24.3. The van der Waals surface area contributed by atoms with E-state index in [1.807, 2.05) is 48.8 Å². The van der Waals surface area contributed by atoms with Crippen LogP contribution in [-0.4, -0.2) is 23.0 Å². The number of ether oxygens (including phenoxy) is 1. The average molecular weight is 536 g/mol. The van der Waals surface area contributed by atoms with Crippen LogP contribution in [-0.2, 0) is 5.41 Å². The van der Waals surface area contributed by atoms with Crippen LogP contribution in [0.5, 0.6) is 11.5 Å². The number of nitrogens with one attached hydrogen (secondary N) is 1. The third-order valence-corrected chi connectivity index (χ3v) is 12.9. The first-order chi connectivity index (χ1) is 19.6. The normalized spacial score (nSPS) is 14.7. The summed E-state index contributed by atoms with van der Waals surface area (Å²) < 4.78 is 6.51. The van der Waals surface area contributed by atoms with Crippen LogP contribution in [0.4, 0.5) is 0 Å². The van der Waals surface area contributed by atoms with Gasteiger partial charge in [0.2, 0.25) is 8.07 Å². The Labute approximate surface area is 235 Å². The molecular weight excluding hydrogens is 506 g/mol. The lowest BCUT2D eigenvalue weighted by Gasteiger charge is -2.45. The number of rotatable bonds is 5. The van der Waals surface area contributed by atoms with E-state index in [1.165, 1.54) is 26.7 Å². The summed E-state index contributed by atoms with van der Waals surface area (Å²) in [6.45, 7) is 4.68. The molecule has 3 heterocycles. The van der Waals surface area contributed by atoms with Crippen molar-refractivity contribution >= 4 is 29.0 Å². The first-order valence-corrected chi connectivity index (χ1v) is 15.6. The predicted octanol–water partition coefficient (Wildman–Crippen LogP) is 5.28. The molecular formula is C35H29N3OSi. The van der Waals surface area contributed by atoms with E-state index < -0.39 is 8.07 Å². The molecule has 0 saturated carbocycles. The molecule has 0 radical (unpaired) electrons. The second-order valence-electron chi connectivity index (χ2n) is 10.8. The van der Waals surface area contributed by atoms with E-state index in [2.05, 4.69) is 103 Å². The minimum Gasteiger partial charge on any atom is -0.457 e. The van der Waals surface area contributed by atoms with Crippen LogP contribution in [0.3, 0.4) is 0 Å². The van der Waals surface area contributed by atoms with E-state index in [4.69, 9.17) is 9.72 Å². The second-order valence-corrected chi connectivity index (χ2v) is 14.4. The van der Waals surface area contributed by atoms with E-state index in [1.54, 1.807) is 6.20 Å². The number of nitrogens with zero attached hydrogens (tertiary/aromatic N) is 2. The fourth-order valence-electron chi connectivity index (χ4n) is 6.38. The van der Waals surface area contributed by atoms with Crippen molar-refractivity contribution in [1.82, 2.24) is 15.0 Å². The van der Waals surface area contributed by atoms with Crippen LogP contribution in [0.15, 0.2) is 134 Å². The summed E-state index contributed by atoms with van der Waals surface area (Å²) in [6.07, 6.45) is 5.51. The van der Waals surface area contributed by atoms with Gasteiger partial charge in [-0.15, -0.1) is 0 Å². The molecule has 0 fully saturated rings. The molecule has 5 heteroatoms. The zero-order chi connectivity index (χ0) is 27.2. The molecule has 6 aromatic rings. The number of benzene rings is 4. The maximum Gasteiger partial charge on any atom is 0.202 e. The molecule has 7 rings (SSSR count). The standard InChI is InChI=1S/C35H29N3OSi/c1-35(2)29-15-3-5-17-31(29)40(33-19-7-8-20-36-33,32-18-6-4-16-30(32)35)28-14-10-13-27(24-28)39-26-12-9-11-25(23-26)34-37-21-22-38-34/h3-24H,1-2H3,(H,37,38). The molecule has 40 heavy (non-hydrogen) atoms. The molecule has 0 aliphatic carbocycles. The minimum absolute atomic E-state index is 0.126. The lowest BCUT2D eigenvalue weighted by Crippen LogP contribution is -2.79. The topological polar surface area (TPSA) is 50.8 Å². The van der Waals surface area contributed by atoms with Crippen molar-refractivity contribution < 1.29 is 4.74 Å². The average Bonchev–Trinajstić information content (AvgIpc) is 3.54.